The monoisotopic (exact) mass is 256 g/mol. The van der Waals surface area contributed by atoms with Crippen molar-refractivity contribution < 1.29 is 4.79 Å². The highest BCUT2D eigenvalue weighted by Crippen LogP contribution is 2.34. The molecule has 0 aromatic rings. The molecule has 1 heterocycles. The van der Waals surface area contributed by atoms with Crippen molar-refractivity contribution in [2.24, 2.45) is 5.10 Å². The summed E-state index contributed by atoms with van der Waals surface area (Å²) in [6, 6.07) is 2.71. The van der Waals surface area contributed by atoms with Gasteiger partial charge in [0.05, 0.1) is 0 Å². The Morgan fingerprint density at radius 1 is 1.12 bits per heavy atom. The zero-order valence-electron chi connectivity index (χ0n) is 11.0. The second kappa shape index (κ2) is 5.27. The number of hydrogen-bond acceptors (Lipinski definition) is 3. The molecule has 0 bridgehead atoms. The van der Waals surface area contributed by atoms with Crippen LogP contribution in [0.5, 0.6) is 0 Å². The van der Waals surface area contributed by atoms with Gasteiger partial charge in [-0.15, -0.1) is 0 Å². The van der Waals surface area contributed by atoms with Gasteiger partial charge in [0.2, 0.25) is 0 Å². The average Bonchev–Trinajstić information content (AvgIpc) is 2.14. The third kappa shape index (κ3) is 3.28. The molecule has 0 amide bonds. The lowest BCUT2D eigenvalue weighted by molar-refractivity contribution is -0.107. The predicted molar refractivity (Wildman–Crippen MR) is 74.8 cm³/mol. The van der Waals surface area contributed by atoms with Crippen LogP contribution in [0.2, 0.25) is 38.3 Å². The highest BCUT2D eigenvalue weighted by atomic mass is 28.4. The van der Waals surface area contributed by atoms with Gasteiger partial charge >= 0.3 is 0 Å². The van der Waals surface area contributed by atoms with Crippen LogP contribution in [0.15, 0.2) is 5.10 Å². The summed E-state index contributed by atoms with van der Waals surface area (Å²) < 4.78 is 2.49. The lowest BCUT2D eigenvalue weighted by Crippen LogP contribution is -2.61. The molecule has 3 nitrogen and oxygen atoms in total. The van der Waals surface area contributed by atoms with E-state index in [-0.39, 0.29) is 0 Å². The topological polar surface area (TPSA) is 32.7 Å². The van der Waals surface area contributed by atoms with Crippen LogP contribution in [0.3, 0.4) is 0 Å². The standard InChI is InChI=1S/C11H24N2OSi2/c1-15(2)10-7-11-16(3,4)13(15)12-8-5-6-9-14/h8-9H,5-7,10-11H2,1-4H3. The average molecular weight is 256 g/mol. The van der Waals surface area contributed by atoms with Crippen molar-refractivity contribution in [3.63, 3.8) is 0 Å². The minimum atomic E-state index is -1.31. The molecule has 0 unspecified atom stereocenters. The fraction of sp³-hybridized carbons (Fsp3) is 0.818. The van der Waals surface area contributed by atoms with Crippen LogP contribution in [0, 0.1) is 0 Å². The Labute approximate surface area is 101 Å². The molecule has 5 heteroatoms. The Morgan fingerprint density at radius 2 is 1.69 bits per heavy atom. The number of hydrazone groups is 1. The molecule has 1 saturated heterocycles. The quantitative estimate of drug-likeness (QED) is 0.335. The lowest BCUT2D eigenvalue weighted by Gasteiger charge is -2.49. The summed E-state index contributed by atoms with van der Waals surface area (Å²) in [5.74, 6) is 0. The number of hydrogen-bond donors (Lipinski definition) is 0. The molecule has 1 rings (SSSR count). The van der Waals surface area contributed by atoms with Crippen LogP contribution < -0.4 is 0 Å². The first-order valence-corrected chi connectivity index (χ1v) is 12.5. The van der Waals surface area contributed by atoms with Gasteiger partial charge in [-0.2, -0.15) is 0 Å². The number of carbonyl (C=O) groups is 1. The van der Waals surface area contributed by atoms with Crippen molar-refractivity contribution in [3.8, 4) is 0 Å². The lowest BCUT2D eigenvalue weighted by atomic mass is 10.4. The maximum Gasteiger partial charge on any atom is 0.161 e. The van der Waals surface area contributed by atoms with E-state index in [9.17, 15) is 4.79 Å². The Kier molecular flexibility index (Phi) is 4.49. The van der Waals surface area contributed by atoms with Crippen molar-refractivity contribution >= 4 is 29.0 Å². The predicted octanol–water partition coefficient (Wildman–Crippen LogP) is 3.07. The molecular weight excluding hydrogens is 232 g/mol. The molecule has 0 aromatic carbocycles. The highest BCUT2D eigenvalue weighted by molar-refractivity contribution is 6.91. The Morgan fingerprint density at radius 3 is 2.19 bits per heavy atom. The first-order chi connectivity index (χ1) is 7.40. The normalized spacial score (nSPS) is 23.6. The molecule has 1 fully saturated rings. The summed E-state index contributed by atoms with van der Waals surface area (Å²) in [4.78, 5) is 10.3. The van der Waals surface area contributed by atoms with Crippen LogP contribution in [-0.2, 0) is 4.79 Å². The van der Waals surface area contributed by atoms with E-state index in [0.717, 1.165) is 12.7 Å². The second-order valence-electron chi connectivity index (χ2n) is 5.83. The van der Waals surface area contributed by atoms with Gasteiger partial charge in [-0.05, 0) is 18.5 Å². The van der Waals surface area contributed by atoms with Crippen LogP contribution >= 0.6 is 0 Å². The minimum absolute atomic E-state index is 0.599. The second-order valence-corrected chi connectivity index (χ2v) is 15.4. The van der Waals surface area contributed by atoms with Crippen molar-refractivity contribution in [3.05, 3.63) is 0 Å². The molecule has 1 aliphatic heterocycles. The number of unbranched alkanes of at least 4 members (excludes halogenated alkanes) is 1. The summed E-state index contributed by atoms with van der Waals surface area (Å²) in [6.07, 6.45) is 5.69. The molecule has 0 atom stereocenters. The fourth-order valence-corrected chi connectivity index (χ4v) is 13.5. The van der Waals surface area contributed by atoms with E-state index in [0.29, 0.717) is 6.42 Å². The smallest absolute Gasteiger partial charge is 0.161 e. The number of aldehydes is 1. The third-order valence-corrected chi connectivity index (χ3v) is 12.6. The van der Waals surface area contributed by atoms with Crippen LogP contribution in [0.25, 0.3) is 0 Å². The summed E-state index contributed by atoms with van der Waals surface area (Å²) in [5.41, 5.74) is 0. The molecule has 0 aromatic heterocycles. The van der Waals surface area contributed by atoms with E-state index in [2.05, 4.69) is 30.5 Å². The van der Waals surface area contributed by atoms with Crippen molar-refractivity contribution in [1.29, 1.82) is 0 Å². The van der Waals surface area contributed by atoms with Gasteiger partial charge in [0.1, 0.15) is 6.29 Å². The highest BCUT2D eigenvalue weighted by Gasteiger charge is 2.43. The van der Waals surface area contributed by atoms with Crippen molar-refractivity contribution in [1.82, 2.24) is 4.34 Å². The number of nitrogens with zero attached hydrogens (tertiary/aromatic N) is 2. The van der Waals surface area contributed by atoms with E-state index in [1.165, 1.54) is 18.5 Å². The molecule has 92 valence electrons. The van der Waals surface area contributed by atoms with Gasteiger partial charge in [0.25, 0.3) is 0 Å². The molecule has 0 aliphatic carbocycles. The molecule has 1 aliphatic rings. The van der Waals surface area contributed by atoms with Crippen molar-refractivity contribution in [2.45, 2.75) is 57.5 Å². The maximum atomic E-state index is 10.3. The van der Waals surface area contributed by atoms with E-state index in [4.69, 9.17) is 5.10 Å². The largest absolute Gasteiger partial charge is 0.350 e. The summed E-state index contributed by atoms with van der Waals surface area (Å²) in [6.45, 7) is 9.66. The molecule has 0 radical (unpaired) electrons. The number of rotatable bonds is 4. The van der Waals surface area contributed by atoms with Crippen LogP contribution in [0.1, 0.15) is 19.3 Å². The summed E-state index contributed by atoms with van der Waals surface area (Å²) in [5, 5.41) is 4.70. The van der Waals surface area contributed by atoms with Gasteiger partial charge in [-0.3, -0.25) is 0 Å². The Bertz CT molecular complexity index is 261. The Hall–Kier alpha value is -0.426. The molecule has 0 N–H and O–H groups in total. The molecule has 16 heavy (non-hydrogen) atoms. The fourth-order valence-electron chi connectivity index (χ4n) is 2.58. The van der Waals surface area contributed by atoms with Crippen LogP contribution in [0.4, 0.5) is 0 Å². The van der Waals surface area contributed by atoms with E-state index in [1.54, 1.807) is 0 Å². The summed E-state index contributed by atoms with van der Waals surface area (Å²) in [7, 11) is -2.61. The molecular formula is C11H24N2OSi2. The SMILES string of the molecule is C[Si]1(C)CCC[Si](C)(C)N1N=CCCC=O. The minimum Gasteiger partial charge on any atom is -0.350 e. The van der Waals surface area contributed by atoms with Gasteiger partial charge < -0.3 is 9.13 Å². The van der Waals surface area contributed by atoms with Gasteiger partial charge in [0.15, 0.2) is 16.5 Å². The molecule has 0 spiro atoms. The first-order valence-electron chi connectivity index (χ1n) is 6.16. The third-order valence-electron chi connectivity index (χ3n) is 3.33. The first kappa shape index (κ1) is 13.6. The maximum absolute atomic E-state index is 10.3. The zero-order valence-corrected chi connectivity index (χ0v) is 13.0. The Balaban J connectivity index is 2.71. The molecule has 0 saturated carbocycles. The zero-order chi connectivity index (χ0) is 12.2. The number of carbonyl (C=O) groups excluding carboxylic acids is 1. The van der Waals surface area contributed by atoms with E-state index >= 15 is 0 Å². The van der Waals surface area contributed by atoms with Gasteiger partial charge in [-0.1, -0.05) is 32.6 Å². The summed E-state index contributed by atoms with van der Waals surface area (Å²) >= 11 is 0. The van der Waals surface area contributed by atoms with E-state index < -0.39 is 16.5 Å². The van der Waals surface area contributed by atoms with Crippen LogP contribution in [-0.4, -0.2) is 33.3 Å². The van der Waals surface area contributed by atoms with Gasteiger partial charge in [-0.25, -0.2) is 5.10 Å². The van der Waals surface area contributed by atoms with Crippen molar-refractivity contribution in [2.75, 3.05) is 0 Å². The van der Waals surface area contributed by atoms with E-state index in [1.807, 2.05) is 6.21 Å². The van der Waals surface area contributed by atoms with Gasteiger partial charge in [0, 0.05) is 12.6 Å².